The van der Waals surface area contributed by atoms with E-state index in [1.165, 1.54) is 15.0 Å². The number of thiophene rings is 1. The van der Waals surface area contributed by atoms with E-state index in [9.17, 15) is 0 Å². The third-order valence-corrected chi connectivity index (χ3v) is 7.12. The molecule has 1 saturated carbocycles. The van der Waals surface area contributed by atoms with Gasteiger partial charge in [-0.1, -0.05) is 45.9 Å². The van der Waals surface area contributed by atoms with Gasteiger partial charge in [0.2, 0.25) is 0 Å². The number of benzene rings is 1. The van der Waals surface area contributed by atoms with Crippen LogP contribution in [0.15, 0.2) is 30.3 Å². The lowest BCUT2D eigenvalue weighted by molar-refractivity contribution is 0.457. The molecule has 1 aromatic carbocycles. The van der Waals surface area contributed by atoms with Gasteiger partial charge in [-0.3, -0.25) is 0 Å². The summed E-state index contributed by atoms with van der Waals surface area (Å²) in [5.74, 6) is 0.784. The van der Waals surface area contributed by atoms with Gasteiger partial charge in [-0.05, 0) is 47.7 Å². The Kier molecular flexibility index (Phi) is 3.22. The first-order chi connectivity index (χ1) is 9.34. The second-order valence-corrected chi connectivity index (χ2v) is 8.43. The maximum atomic E-state index is 3.74. The summed E-state index contributed by atoms with van der Waals surface area (Å²) in [4.78, 5) is 1.45. The predicted octanol–water partition coefficient (Wildman–Crippen LogP) is 5.23. The molecule has 1 fully saturated rings. The first-order valence-corrected chi connectivity index (χ1v) is 8.37. The minimum absolute atomic E-state index is 0.444. The Morgan fingerprint density at radius 3 is 2.40 bits per heavy atom. The number of nitrogens with one attached hydrogen (secondary N) is 1. The van der Waals surface area contributed by atoms with Gasteiger partial charge in [-0.15, -0.1) is 11.3 Å². The van der Waals surface area contributed by atoms with E-state index >= 15 is 0 Å². The van der Waals surface area contributed by atoms with Gasteiger partial charge in [0.15, 0.2) is 0 Å². The van der Waals surface area contributed by atoms with Gasteiger partial charge in [0.25, 0.3) is 0 Å². The molecule has 1 heterocycles. The molecule has 2 aromatic rings. The van der Waals surface area contributed by atoms with Crippen molar-refractivity contribution in [1.82, 2.24) is 5.32 Å². The second-order valence-electron chi connectivity index (χ2n) is 7.31. The summed E-state index contributed by atoms with van der Waals surface area (Å²) in [5, 5.41) is 5.11. The van der Waals surface area contributed by atoms with Gasteiger partial charge >= 0.3 is 0 Å². The Morgan fingerprint density at radius 1 is 1.15 bits per heavy atom. The number of hydrogen-bond donors (Lipinski definition) is 1. The summed E-state index contributed by atoms with van der Waals surface area (Å²) >= 11 is 1.91. The Labute approximate surface area is 126 Å². The van der Waals surface area contributed by atoms with Gasteiger partial charge in [0.05, 0.1) is 0 Å². The Balaban J connectivity index is 1.67. The smallest absolute Gasteiger partial charge is 0.0386 e. The lowest BCUT2D eigenvalue weighted by atomic mass is 10.0. The van der Waals surface area contributed by atoms with E-state index < -0.39 is 0 Å². The van der Waals surface area contributed by atoms with E-state index in [1.807, 2.05) is 11.3 Å². The molecule has 1 atom stereocenters. The molecule has 0 saturated heterocycles. The third-order valence-electron chi connectivity index (χ3n) is 5.82. The molecule has 2 heteroatoms. The summed E-state index contributed by atoms with van der Waals surface area (Å²) in [5.41, 5.74) is 0.944. The van der Waals surface area contributed by atoms with Crippen LogP contribution in [0.25, 0.3) is 10.1 Å². The Hall–Kier alpha value is -0.860. The minimum Gasteiger partial charge on any atom is -0.309 e. The maximum Gasteiger partial charge on any atom is 0.0386 e. The summed E-state index contributed by atoms with van der Waals surface area (Å²) in [6.07, 6.45) is 0. The highest BCUT2D eigenvalue weighted by Crippen LogP contribution is 2.68. The molecule has 1 aliphatic carbocycles. The van der Waals surface area contributed by atoms with Gasteiger partial charge in [0.1, 0.15) is 0 Å². The molecule has 1 unspecified atom stereocenters. The van der Waals surface area contributed by atoms with Crippen LogP contribution in [0.3, 0.4) is 0 Å². The zero-order chi connectivity index (χ0) is 14.5. The fourth-order valence-corrected chi connectivity index (χ4v) is 4.55. The van der Waals surface area contributed by atoms with E-state index in [-0.39, 0.29) is 0 Å². The third kappa shape index (κ3) is 2.10. The SMILES string of the molecule is CC(NCC1C(C)(C)C1(C)C)c1cc2ccccc2s1. The van der Waals surface area contributed by atoms with E-state index in [2.05, 4.69) is 70.3 Å². The summed E-state index contributed by atoms with van der Waals surface area (Å²) in [6, 6.07) is 11.4. The molecule has 0 aliphatic heterocycles. The largest absolute Gasteiger partial charge is 0.309 e. The average Bonchev–Trinajstić information content (AvgIpc) is 2.74. The standard InChI is InChI=1S/C18H25NS/c1-12(19-11-16-17(2,3)18(16,4)5)15-10-13-8-6-7-9-14(13)20-15/h6-10,12,16,19H,11H2,1-5H3. The fraction of sp³-hybridized carbons (Fsp3) is 0.556. The van der Waals surface area contributed by atoms with Crippen molar-refractivity contribution in [2.24, 2.45) is 16.7 Å². The van der Waals surface area contributed by atoms with Gasteiger partial charge in [-0.25, -0.2) is 0 Å². The van der Waals surface area contributed by atoms with E-state index in [0.29, 0.717) is 16.9 Å². The van der Waals surface area contributed by atoms with Gasteiger partial charge in [0, 0.05) is 15.6 Å². The molecule has 1 aromatic heterocycles. The molecular weight excluding hydrogens is 262 g/mol. The molecule has 1 N–H and O–H groups in total. The molecule has 20 heavy (non-hydrogen) atoms. The van der Waals surface area contributed by atoms with Crippen LogP contribution in [0, 0.1) is 16.7 Å². The van der Waals surface area contributed by atoms with Gasteiger partial charge < -0.3 is 5.32 Å². The summed E-state index contributed by atoms with van der Waals surface area (Å²) in [7, 11) is 0. The lowest BCUT2D eigenvalue weighted by Gasteiger charge is -2.13. The van der Waals surface area contributed by atoms with Crippen LogP contribution < -0.4 is 5.32 Å². The molecule has 0 spiro atoms. The molecule has 1 aliphatic rings. The molecule has 0 radical (unpaired) electrons. The fourth-order valence-electron chi connectivity index (χ4n) is 3.45. The van der Waals surface area contributed by atoms with Crippen LogP contribution >= 0.6 is 11.3 Å². The van der Waals surface area contributed by atoms with Crippen molar-refractivity contribution < 1.29 is 0 Å². The second kappa shape index (κ2) is 4.57. The van der Waals surface area contributed by atoms with Crippen molar-refractivity contribution in [2.75, 3.05) is 6.54 Å². The summed E-state index contributed by atoms with van der Waals surface area (Å²) in [6.45, 7) is 13.0. The maximum absolute atomic E-state index is 3.74. The van der Waals surface area contributed by atoms with Crippen LogP contribution in [-0.4, -0.2) is 6.54 Å². The highest BCUT2D eigenvalue weighted by molar-refractivity contribution is 7.19. The number of fused-ring (bicyclic) bond motifs is 1. The number of rotatable bonds is 4. The van der Waals surface area contributed by atoms with Crippen LogP contribution in [0.5, 0.6) is 0 Å². The Bertz CT molecular complexity index is 576. The molecule has 0 amide bonds. The number of hydrogen-bond acceptors (Lipinski definition) is 2. The molecular formula is C18H25NS. The van der Waals surface area contributed by atoms with Crippen LogP contribution in [-0.2, 0) is 0 Å². The van der Waals surface area contributed by atoms with Crippen LogP contribution in [0.1, 0.15) is 45.5 Å². The van der Waals surface area contributed by atoms with Gasteiger partial charge in [-0.2, -0.15) is 0 Å². The van der Waals surface area contributed by atoms with E-state index in [4.69, 9.17) is 0 Å². The first kappa shape index (κ1) is 14.1. The van der Waals surface area contributed by atoms with Crippen LogP contribution in [0.2, 0.25) is 0 Å². The topological polar surface area (TPSA) is 12.0 Å². The van der Waals surface area contributed by atoms with E-state index in [1.54, 1.807) is 0 Å². The first-order valence-electron chi connectivity index (χ1n) is 7.56. The lowest BCUT2D eigenvalue weighted by Crippen LogP contribution is -2.22. The summed E-state index contributed by atoms with van der Waals surface area (Å²) < 4.78 is 1.39. The van der Waals surface area contributed by atoms with Crippen molar-refractivity contribution >= 4 is 21.4 Å². The minimum atomic E-state index is 0.444. The Morgan fingerprint density at radius 2 is 1.80 bits per heavy atom. The predicted molar refractivity (Wildman–Crippen MR) is 89.3 cm³/mol. The zero-order valence-electron chi connectivity index (χ0n) is 13.2. The van der Waals surface area contributed by atoms with Crippen molar-refractivity contribution in [1.29, 1.82) is 0 Å². The normalized spacial score (nSPS) is 22.1. The molecule has 3 rings (SSSR count). The van der Waals surface area contributed by atoms with Crippen molar-refractivity contribution in [3.63, 3.8) is 0 Å². The highest BCUT2D eigenvalue weighted by Gasteiger charge is 2.63. The monoisotopic (exact) mass is 287 g/mol. The van der Waals surface area contributed by atoms with Crippen molar-refractivity contribution in [3.05, 3.63) is 35.2 Å². The van der Waals surface area contributed by atoms with E-state index in [0.717, 1.165) is 12.5 Å². The zero-order valence-corrected chi connectivity index (χ0v) is 14.0. The van der Waals surface area contributed by atoms with Crippen LogP contribution in [0.4, 0.5) is 0 Å². The van der Waals surface area contributed by atoms with Crippen molar-refractivity contribution in [2.45, 2.75) is 40.7 Å². The van der Waals surface area contributed by atoms with Crippen molar-refractivity contribution in [3.8, 4) is 0 Å². The quantitative estimate of drug-likeness (QED) is 0.811. The molecule has 0 bridgehead atoms. The highest BCUT2D eigenvalue weighted by atomic mass is 32.1. The molecule has 108 valence electrons. The average molecular weight is 287 g/mol. The molecule has 1 nitrogen and oxygen atoms in total.